The zero-order chi connectivity index (χ0) is 33.5. The van der Waals surface area contributed by atoms with E-state index in [2.05, 4.69) is 55.2 Å². The third-order valence-electron chi connectivity index (χ3n) is 9.06. The fourth-order valence-electron chi connectivity index (χ4n) is 6.69. The van der Waals surface area contributed by atoms with Gasteiger partial charge >= 0.3 is 12.3 Å². The number of carbonyl (C=O) groups excluding carboxylic acids is 1. The van der Waals surface area contributed by atoms with Crippen molar-refractivity contribution in [3.05, 3.63) is 52.3 Å². The summed E-state index contributed by atoms with van der Waals surface area (Å²) in [6, 6.07) is 10.5. The number of fused-ring (bicyclic) bond motifs is 2. The molecule has 4 aromatic rings. The Kier molecular flexibility index (Phi) is 9.11. The molecule has 250 valence electrons. The molecule has 2 N–H and O–H groups in total. The van der Waals surface area contributed by atoms with E-state index < -0.39 is 18.2 Å². The Morgan fingerprint density at radius 1 is 1.11 bits per heavy atom. The average Bonchev–Trinajstić information content (AvgIpc) is 3.53. The second-order valence-corrected chi connectivity index (χ2v) is 15.0. The largest absolute Gasteiger partial charge is 0.444 e. The van der Waals surface area contributed by atoms with E-state index in [1.54, 1.807) is 6.07 Å². The minimum Gasteiger partial charge on any atom is -0.444 e. The summed E-state index contributed by atoms with van der Waals surface area (Å²) in [6.07, 6.45) is -0.747. The number of nitriles is 1. The highest BCUT2D eigenvalue weighted by Crippen LogP contribution is 2.35. The number of piperidine rings is 1. The summed E-state index contributed by atoms with van der Waals surface area (Å²) in [5.74, 6) is 0.960. The Morgan fingerprint density at radius 3 is 2.53 bits per heavy atom. The second kappa shape index (κ2) is 13.0. The lowest BCUT2D eigenvalue weighted by atomic mass is 9.80. The number of amides is 1. The van der Waals surface area contributed by atoms with E-state index in [1.165, 1.54) is 17.5 Å². The van der Waals surface area contributed by atoms with Gasteiger partial charge in [0.1, 0.15) is 34.3 Å². The first kappa shape index (κ1) is 33.0. The third-order valence-corrected chi connectivity index (χ3v) is 10.1. The van der Waals surface area contributed by atoms with Crippen molar-refractivity contribution in [2.45, 2.75) is 96.7 Å². The molecule has 0 radical (unpaired) electrons. The maximum absolute atomic E-state index is 12.9. The maximum atomic E-state index is 12.9. The number of benzene rings is 1. The number of thiophene rings is 1. The number of carbonyl (C=O) groups is 1. The fourth-order valence-corrected chi connectivity index (χ4v) is 7.72. The van der Waals surface area contributed by atoms with Crippen molar-refractivity contribution in [1.82, 2.24) is 24.8 Å². The predicted octanol–water partition coefficient (Wildman–Crippen LogP) is 7.31. The molecule has 0 spiro atoms. The lowest BCUT2D eigenvalue weighted by Gasteiger charge is -2.36. The molecule has 2 fully saturated rings. The van der Waals surface area contributed by atoms with Crippen LogP contribution in [0.5, 0.6) is 0 Å². The summed E-state index contributed by atoms with van der Waals surface area (Å²) >= 11 is 1.06. The van der Waals surface area contributed by atoms with E-state index in [0.29, 0.717) is 27.6 Å². The average molecular weight is 668 g/mol. The number of alkyl halides is 3. The zero-order valence-corrected chi connectivity index (χ0v) is 27.9. The lowest BCUT2D eigenvalue weighted by molar-refractivity contribution is -0.126. The number of alkyl carbamates (subject to hydrolysis) is 1. The number of anilines is 1. The van der Waals surface area contributed by atoms with Crippen molar-refractivity contribution in [2.24, 2.45) is 5.92 Å². The second-order valence-electron chi connectivity index (χ2n) is 13.9. The summed E-state index contributed by atoms with van der Waals surface area (Å²) in [5, 5.41) is 18.1. The number of ether oxygens (including phenoxy) is 1. The molecule has 1 aliphatic carbocycles. The minimum atomic E-state index is -4.26. The molecule has 1 amide bonds. The number of nitrogens with zero attached hydrogens (tertiary/aromatic N) is 5. The molecular weight excluding hydrogens is 627 g/mol. The molecule has 3 aromatic heterocycles. The van der Waals surface area contributed by atoms with E-state index >= 15 is 0 Å². The summed E-state index contributed by atoms with van der Waals surface area (Å²) < 4.78 is 46.3. The standard InChI is InChI=1S/C34H40F3N7O2S/c1-20-22(5-6-29-27(20)13-25(16-38)44(29)17-21-11-24(12-21)42-32(45)46-33(2,3)4)18-43-9-7-23(8-10-43)41-30-28-14-26(15-34(35,36)37)47-31(28)40-19-39-30/h5-6,13-14,19,21,23-24H,7-12,15,17-18H2,1-4H3,(H,42,45)(H,39,40,41). The van der Waals surface area contributed by atoms with Crippen LogP contribution in [0.15, 0.2) is 30.6 Å². The summed E-state index contributed by atoms with van der Waals surface area (Å²) in [7, 11) is 0. The molecule has 0 bridgehead atoms. The van der Waals surface area contributed by atoms with Crippen molar-refractivity contribution in [3.8, 4) is 6.07 Å². The van der Waals surface area contributed by atoms with Gasteiger partial charge in [-0.05, 0) is 88.6 Å². The Bertz CT molecular complexity index is 1810. The normalized spacial score (nSPS) is 19.4. The van der Waals surface area contributed by atoms with Crippen LogP contribution >= 0.6 is 11.3 Å². The van der Waals surface area contributed by atoms with E-state index in [1.807, 2.05) is 26.8 Å². The van der Waals surface area contributed by atoms with E-state index in [9.17, 15) is 23.2 Å². The molecule has 13 heteroatoms. The highest BCUT2D eigenvalue weighted by molar-refractivity contribution is 7.18. The molecule has 2 aliphatic rings. The number of aromatic nitrogens is 3. The number of hydrogen-bond acceptors (Lipinski definition) is 8. The molecule has 0 unspecified atom stereocenters. The Hall–Kier alpha value is -3.89. The molecule has 4 heterocycles. The van der Waals surface area contributed by atoms with Crippen LogP contribution in [0.2, 0.25) is 0 Å². The van der Waals surface area contributed by atoms with Crippen molar-refractivity contribution in [3.63, 3.8) is 0 Å². The first-order valence-corrected chi connectivity index (χ1v) is 16.9. The molecule has 47 heavy (non-hydrogen) atoms. The monoisotopic (exact) mass is 667 g/mol. The van der Waals surface area contributed by atoms with Crippen LogP contribution in [-0.4, -0.2) is 62.5 Å². The topological polar surface area (TPSA) is 108 Å². The molecule has 6 rings (SSSR count). The van der Waals surface area contributed by atoms with Gasteiger partial charge in [-0.15, -0.1) is 11.3 Å². The smallest absolute Gasteiger partial charge is 0.407 e. The number of hydrogen-bond donors (Lipinski definition) is 2. The van der Waals surface area contributed by atoms with Crippen LogP contribution in [0.3, 0.4) is 0 Å². The molecule has 1 saturated heterocycles. The molecular formula is C34H40F3N7O2S. The Balaban J connectivity index is 1.05. The van der Waals surface area contributed by atoms with Crippen molar-refractivity contribution in [1.29, 1.82) is 5.26 Å². The zero-order valence-electron chi connectivity index (χ0n) is 27.1. The van der Waals surface area contributed by atoms with E-state index in [4.69, 9.17) is 4.74 Å². The van der Waals surface area contributed by atoms with Gasteiger partial charge in [0.25, 0.3) is 0 Å². The maximum Gasteiger partial charge on any atom is 0.407 e. The van der Waals surface area contributed by atoms with Gasteiger partial charge in [-0.2, -0.15) is 18.4 Å². The van der Waals surface area contributed by atoms with Crippen molar-refractivity contribution >= 4 is 44.4 Å². The van der Waals surface area contributed by atoms with Crippen LogP contribution in [0.1, 0.15) is 68.2 Å². The van der Waals surface area contributed by atoms with Crippen molar-refractivity contribution in [2.75, 3.05) is 18.4 Å². The fraction of sp³-hybridized carbons (Fsp3) is 0.529. The van der Waals surface area contributed by atoms with Gasteiger partial charge < -0.3 is 19.9 Å². The Labute approximate surface area is 276 Å². The molecule has 0 atom stereocenters. The van der Waals surface area contributed by atoms with E-state index in [-0.39, 0.29) is 23.1 Å². The minimum absolute atomic E-state index is 0.0867. The van der Waals surface area contributed by atoms with Gasteiger partial charge in [0.15, 0.2) is 0 Å². The van der Waals surface area contributed by atoms with Crippen LogP contribution in [0.4, 0.5) is 23.8 Å². The van der Waals surface area contributed by atoms with Gasteiger partial charge in [-0.3, -0.25) is 4.90 Å². The molecule has 1 saturated carbocycles. The van der Waals surface area contributed by atoms with Crippen LogP contribution in [0.25, 0.3) is 21.1 Å². The third kappa shape index (κ3) is 7.81. The highest BCUT2D eigenvalue weighted by Gasteiger charge is 2.33. The van der Waals surface area contributed by atoms with Gasteiger partial charge in [0.05, 0.1) is 11.8 Å². The summed E-state index contributed by atoms with van der Waals surface area (Å²) in [4.78, 5) is 23.9. The number of halogens is 3. The van der Waals surface area contributed by atoms with Crippen LogP contribution in [0, 0.1) is 24.2 Å². The number of aryl methyl sites for hydroxylation is 1. The molecule has 9 nitrogen and oxygen atoms in total. The first-order valence-electron chi connectivity index (χ1n) is 16.0. The van der Waals surface area contributed by atoms with Crippen LogP contribution in [-0.2, 0) is 24.2 Å². The quantitative estimate of drug-likeness (QED) is 0.203. The Morgan fingerprint density at radius 2 is 1.85 bits per heavy atom. The van der Waals surface area contributed by atoms with Gasteiger partial charge in [-0.1, -0.05) is 6.07 Å². The van der Waals surface area contributed by atoms with Gasteiger partial charge in [-0.25, -0.2) is 14.8 Å². The number of likely N-dealkylation sites (tertiary alicyclic amines) is 1. The predicted molar refractivity (Wildman–Crippen MR) is 176 cm³/mol. The number of nitrogens with one attached hydrogen (secondary N) is 2. The molecule has 1 aromatic carbocycles. The summed E-state index contributed by atoms with van der Waals surface area (Å²) in [5.41, 5.74) is 3.56. The SMILES string of the molecule is Cc1c(CN2CCC(Nc3ncnc4sc(CC(F)(F)F)cc34)CC2)ccc2c1cc(C#N)n2CC1CC(NC(=O)OC(C)(C)C)C1. The van der Waals surface area contributed by atoms with Crippen LogP contribution < -0.4 is 10.6 Å². The number of rotatable bonds is 8. The summed E-state index contributed by atoms with van der Waals surface area (Å²) in [6.45, 7) is 10.9. The lowest BCUT2D eigenvalue weighted by Crippen LogP contribution is -2.47. The highest BCUT2D eigenvalue weighted by atomic mass is 32.1. The van der Waals surface area contributed by atoms with Crippen molar-refractivity contribution < 1.29 is 22.7 Å². The first-order chi connectivity index (χ1) is 22.2. The molecule has 1 aliphatic heterocycles. The van der Waals surface area contributed by atoms with E-state index in [0.717, 1.165) is 74.1 Å². The van der Waals surface area contributed by atoms with Gasteiger partial charge in [0, 0.05) is 54.0 Å². The van der Waals surface area contributed by atoms with Gasteiger partial charge in [0.2, 0.25) is 0 Å².